The molecule has 140 valence electrons. The van der Waals surface area contributed by atoms with Crippen LogP contribution in [0.15, 0.2) is 70.3 Å². The molecule has 8 heteroatoms. The predicted octanol–water partition coefficient (Wildman–Crippen LogP) is 4.03. The number of benzene rings is 2. The fourth-order valence-electron chi connectivity index (χ4n) is 2.50. The van der Waals surface area contributed by atoms with Gasteiger partial charge < -0.3 is 5.32 Å². The Balaban J connectivity index is 1.90. The van der Waals surface area contributed by atoms with Gasteiger partial charge in [0.1, 0.15) is 16.6 Å². The number of hydrogen-bond acceptors (Lipinski definition) is 4. The van der Waals surface area contributed by atoms with E-state index in [1.165, 1.54) is 18.2 Å². The highest BCUT2D eigenvalue weighted by atomic mass is 32.2. The third-order valence-electron chi connectivity index (χ3n) is 3.74. The van der Waals surface area contributed by atoms with Crippen LogP contribution in [0.25, 0.3) is 0 Å². The van der Waals surface area contributed by atoms with Crippen LogP contribution < -0.4 is 9.62 Å². The van der Waals surface area contributed by atoms with Gasteiger partial charge in [-0.05, 0) is 60.3 Å². The van der Waals surface area contributed by atoms with Crippen molar-refractivity contribution in [2.75, 3.05) is 16.2 Å². The number of thiophene rings is 1. The zero-order valence-electron chi connectivity index (χ0n) is 14.4. The zero-order chi connectivity index (χ0) is 19.4. The van der Waals surface area contributed by atoms with E-state index in [1.807, 2.05) is 13.0 Å². The lowest BCUT2D eigenvalue weighted by atomic mass is 10.2. The molecule has 0 spiro atoms. The number of carbonyl (C=O) groups excluding carboxylic acids is 1. The third kappa shape index (κ3) is 4.53. The van der Waals surface area contributed by atoms with E-state index in [4.69, 9.17) is 0 Å². The van der Waals surface area contributed by atoms with Crippen molar-refractivity contribution in [2.45, 2.75) is 11.1 Å². The van der Waals surface area contributed by atoms with Crippen LogP contribution in [-0.4, -0.2) is 20.9 Å². The molecule has 3 aromatic rings. The summed E-state index contributed by atoms with van der Waals surface area (Å²) in [5.74, 6) is -0.985. The first-order valence-corrected chi connectivity index (χ1v) is 10.4. The fraction of sp³-hybridized carbons (Fsp3) is 0.105. The van der Waals surface area contributed by atoms with Crippen molar-refractivity contribution >= 4 is 38.6 Å². The van der Waals surface area contributed by atoms with E-state index in [-0.39, 0.29) is 9.90 Å². The third-order valence-corrected chi connectivity index (χ3v) is 6.89. The Bertz CT molecular complexity index is 1030. The topological polar surface area (TPSA) is 66.5 Å². The standard InChI is InChI=1S/C19H17FN2O3S2/c1-14-4-2-5-16(12-14)21-18(23)13-22(17-9-7-15(20)8-10-17)27(24,25)19-6-3-11-26-19/h2-12H,13H2,1H3,(H,21,23). The van der Waals surface area contributed by atoms with Crippen molar-refractivity contribution in [3.63, 3.8) is 0 Å². The van der Waals surface area contributed by atoms with Crippen LogP contribution in [0.5, 0.6) is 0 Å². The molecule has 0 bridgehead atoms. The number of aryl methyl sites for hydroxylation is 1. The van der Waals surface area contributed by atoms with E-state index < -0.39 is 28.3 Å². The Morgan fingerprint density at radius 2 is 1.85 bits per heavy atom. The molecular weight excluding hydrogens is 387 g/mol. The second-order valence-electron chi connectivity index (χ2n) is 5.84. The molecule has 0 aliphatic heterocycles. The Hall–Kier alpha value is -2.71. The molecule has 1 amide bonds. The number of nitrogens with one attached hydrogen (secondary N) is 1. The molecule has 0 saturated heterocycles. The highest BCUT2D eigenvalue weighted by Gasteiger charge is 2.28. The van der Waals surface area contributed by atoms with Crippen LogP contribution >= 0.6 is 11.3 Å². The lowest BCUT2D eigenvalue weighted by Gasteiger charge is -2.23. The minimum Gasteiger partial charge on any atom is -0.325 e. The number of sulfonamides is 1. The molecule has 2 aromatic carbocycles. The molecule has 27 heavy (non-hydrogen) atoms. The highest BCUT2D eigenvalue weighted by molar-refractivity contribution is 7.94. The van der Waals surface area contributed by atoms with E-state index in [9.17, 15) is 17.6 Å². The molecule has 0 unspecified atom stereocenters. The first-order chi connectivity index (χ1) is 12.9. The Morgan fingerprint density at radius 1 is 1.11 bits per heavy atom. The minimum atomic E-state index is -3.95. The number of nitrogens with zero attached hydrogens (tertiary/aromatic N) is 1. The van der Waals surface area contributed by atoms with Gasteiger partial charge in [-0.1, -0.05) is 18.2 Å². The van der Waals surface area contributed by atoms with Crippen LogP contribution in [0, 0.1) is 12.7 Å². The van der Waals surface area contributed by atoms with Crippen molar-refractivity contribution < 1.29 is 17.6 Å². The van der Waals surface area contributed by atoms with Crippen molar-refractivity contribution in [1.82, 2.24) is 0 Å². The molecule has 5 nitrogen and oxygen atoms in total. The van der Waals surface area contributed by atoms with Crippen LogP contribution in [0.4, 0.5) is 15.8 Å². The average Bonchev–Trinajstić information content (AvgIpc) is 3.16. The minimum absolute atomic E-state index is 0.107. The monoisotopic (exact) mass is 404 g/mol. The van der Waals surface area contributed by atoms with E-state index in [2.05, 4.69) is 5.32 Å². The van der Waals surface area contributed by atoms with E-state index >= 15 is 0 Å². The Labute approximate surface area is 161 Å². The van der Waals surface area contributed by atoms with E-state index in [1.54, 1.807) is 29.6 Å². The van der Waals surface area contributed by atoms with Gasteiger partial charge in [0.2, 0.25) is 5.91 Å². The Morgan fingerprint density at radius 3 is 2.48 bits per heavy atom. The van der Waals surface area contributed by atoms with Crippen LogP contribution in [-0.2, 0) is 14.8 Å². The summed E-state index contributed by atoms with van der Waals surface area (Å²) < 4.78 is 40.3. The van der Waals surface area contributed by atoms with Crippen molar-refractivity contribution in [3.05, 3.63) is 77.4 Å². The number of anilines is 2. The van der Waals surface area contributed by atoms with Gasteiger partial charge >= 0.3 is 0 Å². The molecule has 3 rings (SSSR count). The normalized spacial score (nSPS) is 11.2. The fourth-order valence-corrected chi connectivity index (χ4v) is 5.02. The largest absolute Gasteiger partial charge is 0.325 e. The van der Waals surface area contributed by atoms with Crippen molar-refractivity contribution in [2.24, 2.45) is 0 Å². The summed E-state index contributed by atoms with van der Waals surface area (Å²) in [6.45, 7) is 1.46. The van der Waals surface area contributed by atoms with E-state index in [0.717, 1.165) is 33.3 Å². The molecule has 0 fully saturated rings. The van der Waals surface area contributed by atoms with Crippen LogP contribution in [0.2, 0.25) is 0 Å². The Kier molecular flexibility index (Phi) is 5.57. The number of hydrogen-bond donors (Lipinski definition) is 1. The highest BCUT2D eigenvalue weighted by Crippen LogP contribution is 2.26. The van der Waals surface area contributed by atoms with Crippen LogP contribution in [0.1, 0.15) is 5.56 Å². The molecule has 0 radical (unpaired) electrons. The molecule has 1 aromatic heterocycles. The number of halogens is 1. The molecule has 0 aliphatic rings. The molecular formula is C19H17FN2O3S2. The molecule has 1 heterocycles. The summed E-state index contributed by atoms with van der Waals surface area (Å²) in [7, 11) is -3.95. The predicted molar refractivity (Wildman–Crippen MR) is 105 cm³/mol. The second kappa shape index (κ2) is 7.89. The van der Waals surface area contributed by atoms with Crippen LogP contribution in [0.3, 0.4) is 0 Å². The molecule has 0 atom stereocenters. The van der Waals surface area contributed by atoms with Gasteiger partial charge in [0, 0.05) is 5.69 Å². The summed E-state index contributed by atoms with van der Waals surface area (Å²) in [6.07, 6.45) is 0. The van der Waals surface area contributed by atoms with Gasteiger partial charge in [-0.25, -0.2) is 12.8 Å². The van der Waals surface area contributed by atoms with Gasteiger partial charge in [0.05, 0.1) is 5.69 Å². The SMILES string of the molecule is Cc1cccc(NC(=O)CN(c2ccc(F)cc2)S(=O)(=O)c2cccs2)c1. The molecule has 0 saturated carbocycles. The van der Waals surface area contributed by atoms with Crippen molar-refractivity contribution in [1.29, 1.82) is 0 Å². The maximum absolute atomic E-state index is 13.3. The van der Waals surface area contributed by atoms with E-state index in [0.29, 0.717) is 5.69 Å². The maximum atomic E-state index is 13.3. The number of carbonyl (C=O) groups is 1. The smallest absolute Gasteiger partial charge is 0.274 e. The van der Waals surface area contributed by atoms with Gasteiger partial charge in [0.25, 0.3) is 10.0 Å². The zero-order valence-corrected chi connectivity index (χ0v) is 16.1. The quantitative estimate of drug-likeness (QED) is 0.675. The summed E-state index contributed by atoms with van der Waals surface area (Å²) in [5.41, 5.74) is 1.76. The average molecular weight is 404 g/mol. The molecule has 1 N–H and O–H groups in total. The number of amides is 1. The number of rotatable bonds is 6. The summed E-state index contributed by atoms with van der Waals surface area (Å²) in [4.78, 5) is 12.5. The first kappa shape index (κ1) is 19.1. The second-order valence-corrected chi connectivity index (χ2v) is 8.87. The van der Waals surface area contributed by atoms with Gasteiger partial charge in [-0.15, -0.1) is 11.3 Å². The first-order valence-electron chi connectivity index (χ1n) is 8.04. The lowest BCUT2D eigenvalue weighted by molar-refractivity contribution is -0.114. The molecule has 0 aliphatic carbocycles. The lowest BCUT2D eigenvalue weighted by Crippen LogP contribution is -2.37. The maximum Gasteiger partial charge on any atom is 0.274 e. The van der Waals surface area contributed by atoms with Crippen molar-refractivity contribution in [3.8, 4) is 0 Å². The summed E-state index contributed by atoms with van der Waals surface area (Å²) in [6, 6.07) is 15.3. The summed E-state index contributed by atoms with van der Waals surface area (Å²) >= 11 is 1.05. The van der Waals surface area contributed by atoms with Gasteiger partial charge in [-0.3, -0.25) is 9.10 Å². The van der Waals surface area contributed by atoms with Gasteiger partial charge in [-0.2, -0.15) is 0 Å². The summed E-state index contributed by atoms with van der Waals surface area (Å²) in [5, 5.41) is 4.34. The van der Waals surface area contributed by atoms with Gasteiger partial charge in [0.15, 0.2) is 0 Å².